The third-order valence-corrected chi connectivity index (χ3v) is 7.37. The van der Waals surface area contributed by atoms with E-state index in [0.29, 0.717) is 22.4 Å². The second kappa shape index (κ2) is 10.6. The Morgan fingerprint density at radius 3 is 2.27 bits per heavy atom. The highest BCUT2D eigenvalue weighted by molar-refractivity contribution is 6.19. The first kappa shape index (κ1) is 25.7. The zero-order chi connectivity index (χ0) is 28.5. The predicted octanol–water partition coefficient (Wildman–Crippen LogP) is 6.79. The predicted molar refractivity (Wildman–Crippen MR) is 160 cm³/mol. The number of benzene rings is 4. The molecule has 0 unspecified atom stereocenters. The number of carbonyl (C=O) groups excluding carboxylic acids is 2. The Kier molecular flexibility index (Phi) is 6.62. The van der Waals surface area contributed by atoms with Gasteiger partial charge in [0, 0.05) is 22.9 Å². The number of amides is 2. The largest absolute Gasteiger partial charge is 0.271 e. The van der Waals surface area contributed by atoms with Crippen molar-refractivity contribution in [1.29, 1.82) is 5.26 Å². The van der Waals surface area contributed by atoms with Crippen LogP contribution in [0.4, 0.5) is 0 Å². The van der Waals surface area contributed by atoms with Crippen molar-refractivity contribution in [1.82, 2.24) is 14.7 Å². The summed E-state index contributed by atoms with van der Waals surface area (Å²) in [4.78, 5) is 28.2. The summed E-state index contributed by atoms with van der Waals surface area (Å²) in [6.07, 6.45) is 3.63. The topological polar surface area (TPSA) is 79.0 Å². The van der Waals surface area contributed by atoms with Gasteiger partial charge in [-0.3, -0.25) is 14.5 Å². The van der Waals surface area contributed by atoms with E-state index in [1.807, 2.05) is 92.0 Å². The molecule has 0 aliphatic carbocycles. The Balaban J connectivity index is 1.50. The van der Waals surface area contributed by atoms with E-state index in [2.05, 4.69) is 24.3 Å². The van der Waals surface area contributed by atoms with E-state index in [4.69, 9.17) is 5.10 Å². The molecule has 1 aromatic heterocycles. The number of carbonyl (C=O) groups is 2. The van der Waals surface area contributed by atoms with Crippen LogP contribution in [0, 0.1) is 18.3 Å². The molecular weight excluding hydrogens is 508 g/mol. The Labute approximate surface area is 238 Å². The van der Waals surface area contributed by atoms with Crippen LogP contribution < -0.4 is 0 Å². The number of imide groups is 1. The lowest BCUT2D eigenvalue weighted by Gasteiger charge is -2.27. The summed E-state index contributed by atoms with van der Waals surface area (Å²) in [5, 5.41) is 17.0. The molecule has 2 heterocycles. The summed E-state index contributed by atoms with van der Waals surface area (Å²) < 4.78 is 1.78. The van der Waals surface area contributed by atoms with Crippen LogP contribution in [-0.4, -0.2) is 26.5 Å². The van der Waals surface area contributed by atoms with Gasteiger partial charge in [0.15, 0.2) is 0 Å². The highest BCUT2D eigenvalue weighted by atomic mass is 16.2. The lowest BCUT2D eigenvalue weighted by molar-refractivity contribution is -0.141. The molecule has 0 radical (unpaired) electrons. The minimum atomic E-state index is -0.581. The summed E-state index contributed by atoms with van der Waals surface area (Å²) in [5.41, 5.74) is 5.66. The van der Waals surface area contributed by atoms with Crippen molar-refractivity contribution in [3.63, 3.8) is 0 Å². The van der Waals surface area contributed by atoms with Crippen molar-refractivity contribution in [3.8, 4) is 23.0 Å². The number of aryl methyl sites for hydroxylation is 1. The van der Waals surface area contributed by atoms with Crippen LogP contribution in [0.1, 0.15) is 23.6 Å². The van der Waals surface area contributed by atoms with Crippen LogP contribution in [0.5, 0.6) is 0 Å². The third-order valence-electron chi connectivity index (χ3n) is 7.37. The van der Waals surface area contributed by atoms with Gasteiger partial charge >= 0.3 is 0 Å². The lowest BCUT2D eigenvalue weighted by atomic mass is 9.92. The summed E-state index contributed by atoms with van der Waals surface area (Å²) in [6, 6.07) is 33.7. The van der Waals surface area contributed by atoms with E-state index >= 15 is 0 Å². The standard InChI is InChI=1S/C35H26N4O2/c1-23-12-14-25(15-13-23)21-38-34(40)31(24(2)32(20-36)35(38)41)19-29-22-39(30-10-4-3-5-11-30)37-33(29)28-17-16-26-8-6-7-9-27(26)18-28/h3-19,22H,21H2,1-2H3/b31-19+. The number of nitrogens with zero attached hydrogens (tertiary/aromatic N) is 4. The second-order valence-electron chi connectivity index (χ2n) is 10.1. The summed E-state index contributed by atoms with van der Waals surface area (Å²) in [5.74, 6) is -1.02. The highest BCUT2D eigenvalue weighted by Crippen LogP contribution is 2.33. The fourth-order valence-electron chi connectivity index (χ4n) is 5.07. The zero-order valence-electron chi connectivity index (χ0n) is 22.7. The molecule has 198 valence electrons. The van der Waals surface area contributed by atoms with Crippen molar-refractivity contribution in [2.45, 2.75) is 20.4 Å². The molecule has 0 bridgehead atoms. The summed E-state index contributed by atoms with van der Waals surface area (Å²) >= 11 is 0. The molecule has 6 rings (SSSR count). The van der Waals surface area contributed by atoms with E-state index in [-0.39, 0.29) is 12.1 Å². The number of rotatable bonds is 5. The smallest absolute Gasteiger partial charge is 0.269 e. The second-order valence-corrected chi connectivity index (χ2v) is 10.1. The molecule has 0 fully saturated rings. The third kappa shape index (κ3) is 4.86. The van der Waals surface area contributed by atoms with Crippen LogP contribution in [0.15, 0.2) is 120 Å². The van der Waals surface area contributed by atoms with E-state index in [1.54, 1.807) is 17.7 Å². The first-order valence-corrected chi connectivity index (χ1v) is 13.3. The molecule has 0 atom stereocenters. The number of fused-ring (bicyclic) bond motifs is 1. The maximum Gasteiger partial charge on any atom is 0.271 e. The Morgan fingerprint density at radius 1 is 0.829 bits per heavy atom. The van der Waals surface area contributed by atoms with Crippen molar-refractivity contribution < 1.29 is 9.59 Å². The van der Waals surface area contributed by atoms with Crippen LogP contribution in [0.2, 0.25) is 0 Å². The number of nitriles is 1. The first-order chi connectivity index (χ1) is 19.9. The van der Waals surface area contributed by atoms with Crippen molar-refractivity contribution in [2.75, 3.05) is 0 Å². The first-order valence-electron chi connectivity index (χ1n) is 13.3. The van der Waals surface area contributed by atoms with E-state index < -0.39 is 11.8 Å². The number of para-hydroxylation sites is 1. The van der Waals surface area contributed by atoms with Gasteiger partial charge < -0.3 is 0 Å². The lowest BCUT2D eigenvalue weighted by Crippen LogP contribution is -2.42. The monoisotopic (exact) mass is 534 g/mol. The van der Waals surface area contributed by atoms with Gasteiger partial charge in [-0.2, -0.15) is 10.4 Å². The maximum absolute atomic E-state index is 13.8. The van der Waals surface area contributed by atoms with E-state index in [1.165, 1.54) is 0 Å². The maximum atomic E-state index is 13.8. The SMILES string of the molecule is CC1=C(C#N)C(=O)N(Cc2ccc(C)cc2)C(=O)/C1=C/c1cn(-c2ccccc2)nc1-c1ccc2ccccc2c1. The fraction of sp³-hybridized carbons (Fsp3) is 0.0857. The van der Waals surface area contributed by atoms with E-state index in [9.17, 15) is 14.9 Å². The van der Waals surface area contributed by atoms with Crippen LogP contribution in [0.3, 0.4) is 0 Å². The average Bonchev–Trinajstić information content (AvgIpc) is 3.43. The molecule has 5 aromatic rings. The van der Waals surface area contributed by atoms with Crippen molar-refractivity contribution in [3.05, 3.63) is 137 Å². The molecule has 0 N–H and O–H groups in total. The molecule has 0 saturated heterocycles. The molecule has 6 heteroatoms. The Hall–Kier alpha value is -5.54. The van der Waals surface area contributed by atoms with Crippen molar-refractivity contribution >= 4 is 28.7 Å². The van der Waals surface area contributed by atoms with Crippen LogP contribution >= 0.6 is 0 Å². The number of hydrogen-bond acceptors (Lipinski definition) is 4. The van der Waals surface area contributed by atoms with Gasteiger partial charge in [0.05, 0.1) is 17.9 Å². The quantitative estimate of drug-likeness (QED) is 0.184. The average molecular weight is 535 g/mol. The highest BCUT2D eigenvalue weighted by Gasteiger charge is 2.35. The molecular formula is C35H26N4O2. The van der Waals surface area contributed by atoms with Gasteiger partial charge in [-0.05, 0) is 60.0 Å². The van der Waals surface area contributed by atoms with Gasteiger partial charge in [0.1, 0.15) is 11.6 Å². The van der Waals surface area contributed by atoms with Gasteiger partial charge in [-0.1, -0.05) is 84.4 Å². The minimum Gasteiger partial charge on any atom is -0.269 e. The van der Waals surface area contributed by atoms with Gasteiger partial charge in [0.25, 0.3) is 11.8 Å². The zero-order valence-corrected chi connectivity index (χ0v) is 22.7. The van der Waals surface area contributed by atoms with Crippen molar-refractivity contribution in [2.24, 2.45) is 0 Å². The number of hydrogen-bond donors (Lipinski definition) is 0. The minimum absolute atomic E-state index is 0.0364. The van der Waals surface area contributed by atoms with Gasteiger partial charge in [0.2, 0.25) is 0 Å². The Bertz CT molecular complexity index is 1920. The molecule has 2 amide bonds. The van der Waals surface area contributed by atoms with E-state index in [0.717, 1.165) is 38.1 Å². The summed E-state index contributed by atoms with van der Waals surface area (Å²) in [7, 11) is 0. The van der Waals surface area contributed by atoms with Gasteiger partial charge in [-0.25, -0.2) is 4.68 Å². The van der Waals surface area contributed by atoms with Crippen LogP contribution in [-0.2, 0) is 16.1 Å². The Morgan fingerprint density at radius 2 is 1.54 bits per heavy atom. The molecule has 41 heavy (non-hydrogen) atoms. The fourth-order valence-corrected chi connectivity index (χ4v) is 5.07. The molecule has 6 nitrogen and oxygen atoms in total. The van der Waals surface area contributed by atoms with Gasteiger partial charge in [-0.15, -0.1) is 0 Å². The molecule has 0 spiro atoms. The summed E-state index contributed by atoms with van der Waals surface area (Å²) in [6.45, 7) is 3.71. The molecule has 1 aliphatic rings. The molecule has 0 saturated carbocycles. The normalized spacial score (nSPS) is 14.7. The molecule has 4 aromatic carbocycles. The number of aromatic nitrogens is 2. The van der Waals surface area contributed by atoms with Crippen LogP contribution in [0.25, 0.3) is 33.8 Å². The molecule has 1 aliphatic heterocycles.